The normalized spacial score (nSPS) is 10.1. The van der Waals surface area contributed by atoms with Crippen molar-refractivity contribution >= 4 is 24.4 Å². The molecule has 1 atom stereocenters. The molecule has 0 bridgehead atoms. The second-order valence-corrected chi connectivity index (χ2v) is 3.58. The number of aliphatic carboxylic acids is 1. The Morgan fingerprint density at radius 3 is 2.15 bits per heavy atom. The number of carboxylic acids is 1. The summed E-state index contributed by atoms with van der Waals surface area (Å²) >= 11 is 0. The van der Waals surface area contributed by atoms with E-state index in [0.29, 0.717) is 11.4 Å². The number of carbonyl (C=O) groups excluding carboxylic acids is 1. The minimum absolute atomic E-state index is 0. The number of amides is 2. The highest BCUT2D eigenvalue weighted by molar-refractivity contribution is 5.85. The maximum atomic E-state index is 10.4. The largest absolute Gasteiger partial charge is 0.480 e. The summed E-state index contributed by atoms with van der Waals surface area (Å²) in [5.74, 6) is -0.959. The highest BCUT2D eigenvalue weighted by Gasteiger charge is 2.10. The highest BCUT2D eigenvalue weighted by Crippen LogP contribution is 2.01. The summed E-state index contributed by atoms with van der Waals surface area (Å²) in [4.78, 5) is 29.5. The van der Waals surface area contributed by atoms with E-state index < -0.39 is 18.0 Å². The lowest BCUT2D eigenvalue weighted by Crippen LogP contribution is -2.32. The predicted molar refractivity (Wildman–Crippen MR) is 76.1 cm³/mol. The van der Waals surface area contributed by atoms with Crippen LogP contribution in [0.5, 0.6) is 0 Å². The lowest BCUT2D eigenvalue weighted by atomic mass is 10.1. The lowest BCUT2D eigenvalue weighted by Gasteiger charge is -2.04. The Labute approximate surface area is 122 Å². The summed E-state index contributed by atoms with van der Waals surface area (Å²) < 4.78 is 0. The summed E-state index contributed by atoms with van der Waals surface area (Å²) in [5.41, 5.74) is 10.8. The van der Waals surface area contributed by atoms with Crippen molar-refractivity contribution in [3.8, 4) is 0 Å². The third-order valence-electron chi connectivity index (χ3n) is 2.06. The number of nitrogens with two attached hydrogens (primary N) is 2. The second-order valence-electron chi connectivity index (χ2n) is 3.58. The van der Waals surface area contributed by atoms with Crippen molar-refractivity contribution in [2.75, 3.05) is 7.05 Å². The van der Waals surface area contributed by atoms with Gasteiger partial charge < -0.3 is 16.6 Å². The van der Waals surface area contributed by atoms with Crippen LogP contribution >= 0.6 is 12.4 Å². The Kier molecular flexibility index (Phi) is 10.8. The molecule has 20 heavy (non-hydrogen) atoms. The smallest absolute Gasteiger partial charge is 0.337 e. The number of carbonyl (C=O) groups is 2. The minimum atomic E-state index is -0.959. The molecule has 0 unspecified atom stereocenters. The lowest BCUT2D eigenvalue weighted by molar-refractivity contribution is -0.138. The molecule has 2 amide bonds. The van der Waals surface area contributed by atoms with Gasteiger partial charge in [-0.2, -0.15) is 5.01 Å². The standard InChI is InChI=1S/C9H11NO2.C2H5N3O2.ClH/c10-8(9(11)12)6-7-4-2-1-3-5-7;1-5(4-7)2(3)6;/h1-5,8H,6,10H2,(H,11,12);1H3,(H2,3,6);1H/t8-;;/m0../s1. The molecular formula is C11H17ClN4O4. The van der Waals surface area contributed by atoms with Crippen LogP contribution in [0.1, 0.15) is 5.56 Å². The summed E-state index contributed by atoms with van der Waals surface area (Å²) in [6, 6.07) is 7.69. The Hall–Kier alpha value is -2.19. The van der Waals surface area contributed by atoms with Crippen molar-refractivity contribution in [2.45, 2.75) is 12.5 Å². The SMILES string of the molecule is CN(N=O)C(N)=O.Cl.N[C@@H](Cc1ccccc1)C(=O)O. The maximum absolute atomic E-state index is 10.4. The van der Waals surface area contributed by atoms with Crippen LogP contribution in [0.25, 0.3) is 0 Å². The number of hydrogen-bond acceptors (Lipinski definition) is 5. The van der Waals surface area contributed by atoms with Crippen LogP contribution in [0, 0.1) is 4.91 Å². The molecule has 0 aliphatic carbocycles. The fourth-order valence-electron chi connectivity index (χ4n) is 0.996. The molecule has 1 aromatic carbocycles. The maximum Gasteiger partial charge on any atom is 0.337 e. The zero-order valence-electron chi connectivity index (χ0n) is 10.8. The summed E-state index contributed by atoms with van der Waals surface area (Å²) in [7, 11) is 1.18. The van der Waals surface area contributed by atoms with Gasteiger partial charge in [0.15, 0.2) is 0 Å². The van der Waals surface area contributed by atoms with Gasteiger partial charge in [0.05, 0.1) is 5.29 Å². The molecule has 0 saturated carbocycles. The van der Waals surface area contributed by atoms with Crippen molar-refractivity contribution in [2.24, 2.45) is 16.8 Å². The number of halogens is 1. The van der Waals surface area contributed by atoms with E-state index in [4.69, 9.17) is 10.8 Å². The first-order valence-corrected chi connectivity index (χ1v) is 5.27. The molecule has 9 heteroatoms. The fourth-order valence-corrected chi connectivity index (χ4v) is 0.996. The molecule has 0 radical (unpaired) electrons. The zero-order valence-corrected chi connectivity index (χ0v) is 11.6. The third kappa shape index (κ3) is 8.84. The van der Waals surface area contributed by atoms with Gasteiger partial charge in [0.25, 0.3) is 0 Å². The van der Waals surface area contributed by atoms with E-state index >= 15 is 0 Å². The molecule has 0 saturated heterocycles. The van der Waals surface area contributed by atoms with E-state index in [0.717, 1.165) is 5.56 Å². The first-order chi connectivity index (χ1) is 8.88. The molecular weight excluding hydrogens is 288 g/mol. The quantitative estimate of drug-likeness (QED) is 0.556. The molecule has 5 N–H and O–H groups in total. The third-order valence-corrected chi connectivity index (χ3v) is 2.06. The highest BCUT2D eigenvalue weighted by atomic mass is 35.5. The second kappa shape index (κ2) is 10.7. The van der Waals surface area contributed by atoms with Crippen LogP contribution in [0.3, 0.4) is 0 Å². The average molecular weight is 305 g/mol. The van der Waals surface area contributed by atoms with Gasteiger partial charge in [0.2, 0.25) is 0 Å². The van der Waals surface area contributed by atoms with Crippen molar-refractivity contribution < 1.29 is 14.7 Å². The van der Waals surface area contributed by atoms with Gasteiger partial charge in [-0.25, -0.2) is 4.79 Å². The van der Waals surface area contributed by atoms with Crippen LogP contribution in [0.15, 0.2) is 35.6 Å². The van der Waals surface area contributed by atoms with Gasteiger partial charge >= 0.3 is 12.0 Å². The summed E-state index contributed by atoms with van der Waals surface area (Å²) in [6.45, 7) is 0. The number of carboxylic acid groups (broad SMARTS) is 1. The van der Waals surface area contributed by atoms with E-state index in [1.165, 1.54) is 7.05 Å². The first-order valence-electron chi connectivity index (χ1n) is 5.27. The number of urea groups is 1. The predicted octanol–water partition coefficient (Wildman–Crippen LogP) is 0.741. The number of nitrogens with zero attached hydrogens (tertiary/aromatic N) is 2. The van der Waals surface area contributed by atoms with E-state index in [1.807, 2.05) is 30.3 Å². The van der Waals surface area contributed by atoms with Crippen LogP contribution in [0.4, 0.5) is 4.79 Å². The Morgan fingerprint density at radius 2 is 1.85 bits per heavy atom. The molecule has 1 aromatic rings. The number of rotatable bonds is 4. The Balaban J connectivity index is 0. The fraction of sp³-hybridized carbons (Fsp3) is 0.273. The van der Waals surface area contributed by atoms with Gasteiger partial charge in [0, 0.05) is 7.05 Å². The number of nitroso groups, excluding NO2 is 1. The molecule has 0 aromatic heterocycles. The molecule has 0 aliphatic rings. The number of hydrogen-bond donors (Lipinski definition) is 3. The molecule has 0 spiro atoms. The van der Waals surface area contributed by atoms with E-state index in [2.05, 4.69) is 11.0 Å². The number of benzene rings is 1. The molecule has 112 valence electrons. The van der Waals surface area contributed by atoms with Crippen molar-refractivity contribution in [1.82, 2.24) is 5.01 Å². The average Bonchev–Trinajstić information content (AvgIpc) is 2.39. The minimum Gasteiger partial charge on any atom is -0.480 e. The van der Waals surface area contributed by atoms with Crippen molar-refractivity contribution in [3.63, 3.8) is 0 Å². The van der Waals surface area contributed by atoms with Gasteiger partial charge in [-0.1, -0.05) is 30.3 Å². The summed E-state index contributed by atoms with van der Waals surface area (Å²) in [6.07, 6.45) is 0.385. The monoisotopic (exact) mass is 304 g/mol. The van der Waals surface area contributed by atoms with Crippen LogP contribution in [0.2, 0.25) is 0 Å². The van der Waals surface area contributed by atoms with Crippen molar-refractivity contribution in [3.05, 3.63) is 40.8 Å². The van der Waals surface area contributed by atoms with Crippen molar-refractivity contribution in [1.29, 1.82) is 0 Å². The first kappa shape index (κ1) is 20.1. The summed E-state index contributed by atoms with van der Waals surface area (Å²) in [5, 5.41) is 11.2. The van der Waals surface area contributed by atoms with Crippen LogP contribution in [-0.2, 0) is 11.2 Å². The molecule has 0 aliphatic heterocycles. The number of primary amides is 1. The van der Waals surface area contributed by atoms with E-state index in [9.17, 15) is 14.5 Å². The Morgan fingerprint density at radius 1 is 1.35 bits per heavy atom. The van der Waals surface area contributed by atoms with Gasteiger partial charge in [-0.05, 0) is 12.0 Å². The zero-order chi connectivity index (χ0) is 14.8. The van der Waals surface area contributed by atoms with E-state index in [1.54, 1.807) is 0 Å². The van der Waals surface area contributed by atoms with Crippen LogP contribution in [-0.4, -0.2) is 35.2 Å². The molecule has 1 rings (SSSR count). The van der Waals surface area contributed by atoms with Gasteiger partial charge in [-0.3, -0.25) is 4.79 Å². The van der Waals surface area contributed by atoms with Crippen LogP contribution < -0.4 is 11.5 Å². The molecule has 0 heterocycles. The molecule has 8 nitrogen and oxygen atoms in total. The van der Waals surface area contributed by atoms with Gasteiger partial charge in [-0.15, -0.1) is 17.3 Å². The Bertz CT molecular complexity index is 430. The van der Waals surface area contributed by atoms with Gasteiger partial charge in [0.1, 0.15) is 6.04 Å². The van der Waals surface area contributed by atoms with E-state index in [-0.39, 0.29) is 12.4 Å². The topological polar surface area (TPSA) is 139 Å². The molecule has 0 fully saturated rings.